The minimum absolute atomic E-state index is 0.0880. The Kier molecular flexibility index (Phi) is 3.49. The Balaban J connectivity index is 1.98. The summed E-state index contributed by atoms with van der Waals surface area (Å²) in [5.74, 6) is 0.274. The second kappa shape index (κ2) is 4.74. The lowest BCUT2D eigenvalue weighted by atomic mass is 10.1. The monoisotopic (exact) mass is 257 g/mol. The molecule has 0 unspecified atom stereocenters. The van der Waals surface area contributed by atoms with Gasteiger partial charge in [0, 0.05) is 12.6 Å². The average Bonchev–Trinajstić information content (AvgIpc) is 2.62. The lowest BCUT2D eigenvalue weighted by Crippen LogP contribution is -2.32. The molecule has 0 N–H and O–H groups in total. The fraction of sp³-hybridized carbons (Fsp3) is 0.500. The zero-order valence-corrected chi connectivity index (χ0v) is 10.6. The smallest absolute Gasteiger partial charge is 0.151 e. The molecule has 0 amide bonds. The van der Waals surface area contributed by atoms with Crippen molar-refractivity contribution in [2.75, 3.05) is 18.6 Å². The predicted molar refractivity (Wildman–Crippen MR) is 64.9 cm³/mol. The van der Waals surface area contributed by atoms with Crippen LogP contribution in [0.25, 0.3) is 0 Å². The van der Waals surface area contributed by atoms with E-state index in [9.17, 15) is 12.8 Å². The first-order valence-electron chi connectivity index (χ1n) is 5.61. The van der Waals surface area contributed by atoms with Crippen LogP contribution >= 0.6 is 0 Å². The lowest BCUT2D eigenvalue weighted by molar-refractivity contribution is 0.254. The maximum atomic E-state index is 12.7. The van der Waals surface area contributed by atoms with E-state index in [1.165, 1.54) is 12.1 Å². The summed E-state index contributed by atoms with van der Waals surface area (Å²) in [4.78, 5) is 2.03. The van der Waals surface area contributed by atoms with Gasteiger partial charge < -0.3 is 0 Å². The van der Waals surface area contributed by atoms with Gasteiger partial charge in [-0.1, -0.05) is 12.1 Å². The Bertz CT molecular complexity index is 484. The Morgan fingerprint density at radius 1 is 1.35 bits per heavy atom. The molecule has 1 aliphatic rings. The van der Waals surface area contributed by atoms with Gasteiger partial charge in [-0.05, 0) is 31.2 Å². The van der Waals surface area contributed by atoms with Gasteiger partial charge in [-0.15, -0.1) is 0 Å². The topological polar surface area (TPSA) is 37.4 Å². The van der Waals surface area contributed by atoms with Crippen molar-refractivity contribution in [1.29, 1.82) is 0 Å². The molecule has 17 heavy (non-hydrogen) atoms. The largest absolute Gasteiger partial charge is 0.298 e. The van der Waals surface area contributed by atoms with Gasteiger partial charge >= 0.3 is 0 Å². The molecule has 1 aromatic carbocycles. The SMILES string of the molecule is CN(Cc1ccc(F)cc1)[C@@H]1CCS(=O)(=O)C1. The van der Waals surface area contributed by atoms with Gasteiger partial charge in [0.1, 0.15) is 5.82 Å². The van der Waals surface area contributed by atoms with Crippen LogP contribution in [0.15, 0.2) is 24.3 Å². The molecule has 0 aliphatic carbocycles. The third-order valence-corrected chi connectivity index (χ3v) is 4.93. The summed E-state index contributed by atoms with van der Waals surface area (Å²) >= 11 is 0. The van der Waals surface area contributed by atoms with Gasteiger partial charge in [0.2, 0.25) is 0 Å². The van der Waals surface area contributed by atoms with Crippen molar-refractivity contribution in [2.45, 2.75) is 19.0 Å². The summed E-state index contributed by atoms with van der Waals surface area (Å²) in [6.45, 7) is 0.653. The quantitative estimate of drug-likeness (QED) is 0.822. The highest BCUT2D eigenvalue weighted by Gasteiger charge is 2.30. The Hall–Kier alpha value is -0.940. The number of sulfone groups is 1. The molecule has 1 heterocycles. The van der Waals surface area contributed by atoms with E-state index in [0.29, 0.717) is 13.0 Å². The molecule has 94 valence electrons. The third-order valence-electron chi connectivity index (χ3n) is 3.18. The van der Waals surface area contributed by atoms with Crippen molar-refractivity contribution in [3.63, 3.8) is 0 Å². The van der Waals surface area contributed by atoms with Gasteiger partial charge in [-0.25, -0.2) is 12.8 Å². The van der Waals surface area contributed by atoms with E-state index in [1.807, 2.05) is 11.9 Å². The zero-order chi connectivity index (χ0) is 12.5. The molecule has 1 aromatic rings. The van der Waals surface area contributed by atoms with Crippen LogP contribution in [0, 0.1) is 5.82 Å². The standard InChI is InChI=1S/C12H16FNO2S/c1-14(12-6-7-17(15,16)9-12)8-10-2-4-11(13)5-3-10/h2-5,12H,6-9H2,1H3/t12-/m1/s1. The van der Waals surface area contributed by atoms with Crippen LogP contribution in [-0.2, 0) is 16.4 Å². The molecule has 0 aromatic heterocycles. The maximum Gasteiger partial charge on any atom is 0.151 e. The molecule has 1 aliphatic heterocycles. The zero-order valence-electron chi connectivity index (χ0n) is 9.77. The number of nitrogens with zero attached hydrogens (tertiary/aromatic N) is 1. The molecule has 1 fully saturated rings. The fourth-order valence-electron chi connectivity index (χ4n) is 2.13. The highest BCUT2D eigenvalue weighted by atomic mass is 32.2. The van der Waals surface area contributed by atoms with Gasteiger partial charge in [-0.3, -0.25) is 4.90 Å². The Morgan fingerprint density at radius 3 is 2.53 bits per heavy atom. The molecule has 3 nitrogen and oxygen atoms in total. The van der Waals surface area contributed by atoms with E-state index < -0.39 is 9.84 Å². The van der Waals surface area contributed by atoms with E-state index in [-0.39, 0.29) is 23.4 Å². The molecule has 0 saturated carbocycles. The molecule has 0 bridgehead atoms. The molecular weight excluding hydrogens is 241 g/mol. The highest BCUT2D eigenvalue weighted by molar-refractivity contribution is 7.91. The van der Waals surface area contributed by atoms with Gasteiger partial charge in [-0.2, -0.15) is 0 Å². The van der Waals surface area contributed by atoms with E-state index in [1.54, 1.807) is 12.1 Å². The number of hydrogen-bond acceptors (Lipinski definition) is 3. The molecule has 1 atom stereocenters. The van der Waals surface area contributed by atoms with Crippen molar-refractivity contribution in [2.24, 2.45) is 0 Å². The second-order valence-corrected chi connectivity index (χ2v) is 6.83. The average molecular weight is 257 g/mol. The molecule has 5 heteroatoms. The minimum atomic E-state index is -2.84. The van der Waals surface area contributed by atoms with Crippen molar-refractivity contribution in [1.82, 2.24) is 4.90 Å². The van der Waals surface area contributed by atoms with Gasteiger partial charge in [0.05, 0.1) is 11.5 Å². The van der Waals surface area contributed by atoms with E-state index in [4.69, 9.17) is 0 Å². The van der Waals surface area contributed by atoms with Crippen LogP contribution < -0.4 is 0 Å². The van der Waals surface area contributed by atoms with Crippen LogP contribution in [0.2, 0.25) is 0 Å². The van der Waals surface area contributed by atoms with Crippen LogP contribution in [0.4, 0.5) is 4.39 Å². The first kappa shape index (κ1) is 12.5. The fourth-order valence-corrected chi connectivity index (χ4v) is 3.94. The molecule has 1 saturated heterocycles. The van der Waals surface area contributed by atoms with Crippen molar-refractivity contribution in [3.8, 4) is 0 Å². The van der Waals surface area contributed by atoms with Crippen LogP contribution in [0.5, 0.6) is 0 Å². The molecule has 0 radical (unpaired) electrons. The maximum absolute atomic E-state index is 12.7. The van der Waals surface area contributed by atoms with Crippen LogP contribution in [0.1, 0.15) is 12.0 Å². The third kappa shape index (κ3) is 3.26. The normalized spacial score (nSPS) is 23.1. The first-order chi connectivity index (χ1) is 7.96. The number of benzene rings is 1. The predicted octanol–water partition coefficient (Wildman–Crippen LogP) is 1.44. The van der Waals surface area contributed by atoms with E-state index in [2.05, 4.69) is 0 Å². The number of hydrogen-bond donors (Lipinski definition) is 0. The Labute approximate surface area is 101 Å². The molecule has 0 spiro atoms. The summed E-state index contributed by atoms with van der Waals surface area (Å²) in [7, 11) is -0.930. The second-order valence-electron chi connectivity index (χ2n) is 4.60. The van der Waals surface area contributed by atoms with E-state index >= 15 is 0 Å². The van der Waals surface area contributed by atoms with Crippen LogP contribution in [0.3, 0.4) is 0 Å². The summed E-state index contributed by atoms with van der Waals surface area (Å²) in [6.07, 6.45) is 0.694. The summed E-state index contributed by atoms with van der Waals surface area (Å²) in [6, 6.07) is 6.40. The lowest BCUT2D eigenvalue weighted by Gasteiger charge is -2.22. The van der Waals surface area contributed by atoms with E-state index in [0.717, 1.165) is 5.56 Å². The van der Waals surface area contributed by atoms with Gasteiger partial charge in [0.25, 0.3) is 0 Å². The van der Waals surface area contributed by atoms with Crippen molar-refractivity contribution < 1.29 is 12.8 Å². The first-order valence-corrected chi connectivity index (χ1v) is 7.43. The van der Waals surface area contributed by atoms with Crippen molar-refractivity contribution in [3.05, 3.63) is 35.6 Å². The van der Waals surface area contributed by atoms with Crippen molar-refractivity contribution >= 4 is 9.84 Å². The number of rotatable bonds is 3. The van der Waals surface area contributed by atoms with Crippen LogP contribution in [-0.4, -0.2) is 37.9 Å². The highest BCUT2D eigenvalue weighted by Crippen LogP contribution is 2.18. The minimum Gasteiger partial charge on any atom is -0.298 e. The molecular formula is C12H16FNO2S. The summed E-state index contributed by atoms with van der Waals surface area (Å²) in [5, 5.41) is 0. The Morgan fingerprint density at radius 2 is 2.00 bits per heavy atom. The summed E-state index contributed by atoms with van der Waals surface area (Å²) < 4.78 is 35.5. The molecule has 2 rings (SSSR count). The summed E-state index contributed by atoms with van der Waals surface area (Å²) in [5.41, 5.74) is 0.998. The van der Waals surface area contributed by atoms with Gasteiger partial charge in [0.15, 0.2) is 9.84 Å². The number of halogens is 1.